The summed E-state index contributed by atoms with van der Waals surface area (Å²) in [7, 11) is 0. The zero-order valence-electron chi connectivity index (χ0n) is 16.8. The van der Waals surface area contributed by atoms with Gasteiger partial charge in [0.2, 0.25) is 11.8 Å². The number of nitrogens with one attached hydrogen (secondary N) is 1. The molecule has 4 nitrogen and oxygen atoms in total. The molecule has 0 fully saturated rings. The predicted molar refractivity (Wildman–Crippen MR) is 117 cm³/mol. The van der Waals surface area contributed by atoms with E-state index in [-0.39, 0.29) is 35.2 Å². The van der Waals surface area contributed by atoms with Gasteiger partial charge in [-0.25, -0.2) is 4.39 Å². The molecule has 2 aromatic carbocycles. The van der Waals surface area contributed by atoms with E-state index in [1.54, 1.807) is 24.0 Å². The molecule has 0 bridgehead atoms. The van der Waals surface area contributed by atoms with Gasteiger partial charge >= 0.3 is 0 Å². The molecule has 0 saturated carbocycles. The Balaban J connectivity index is 2.08. The molecule has 0 aliphatic heterocycles. The highest BCUT2D eigenvalue weighted by atomic mass is 35.5. The van der Waals surface area contributed by atoms with Crippen LogP contribution in [0.4, 0.5) is 4.39 Å². The number of carbonyl (C=O) groups is 2. The van der Waals surface area contributed by atoms with Crippen molar-refractivity contribution in [3.8, 4) is 0 Å². The maximum absolute atomic E-state index is 13.9. The molecule has 2 aromatic rings. The summed E-state index contributed by atoms with van der Waals surface area (Å²) >= 11 is 7.33. The average Bonchev–Trinajstić information content (AvgIpc) is 2.68. The van der Waals surface area contributed by atoms with Crippen LogP contribution in [0.3, 0.4) is 0 Å². The number of hydrogen-bond donors (Lipinski definition) is 1. The van der Waals surface area contributed by atoms with Crippen LogP contribution in [-0.4, -0.2) is 34.6 Å². The molecule has 1 atom stereocenters. The van der Waals surface area contributed by atoms with Gasteiger partial charge < -0.3 is 10.2 Å². The number of amides is 2. The van der Waals surface area contributed by atoms with Crippen LogP contribution in [0, 0.1) is 5.82 Å². The normalized spacial score (nSPS) is 11.9. The van der Waals surface area contributed by atoms with E-state index < -0.39 is 6.04 Å². The first-order chi connectivity index (χ1) is 13.8. The molecule has 29 heavy (non-hydrogen) atoms. The van der Waals surface area contributed by atoms with Crippen molar-refractivity contribution in [3.05, 3.63) is 70.5 Å². The number of halogens is 2. The Hall–Kier alpha value is -2.05. The number of thioether (sulfide) groups is 1. The van der Waals surface area contributed by atoms with Crippen molar-refractivity contribution in [2.75, 3.05) is 5.75 Å². The molecule has 0 radical (unpaired) electrons. The van der Waals surface area contributed by atoms with E-state index in [1.807, 2.05) is 44.2 Å². The predicted octanol–water partition coefficient (Wildman–Crippen LogP) is 4.65. The summed E-state index contributed by atoms with van der Waals surface area (Å²) < 4.78 is 13.9. The Morgan fingerprint density at radius 3 is 2.41 bits per heavy atom. The van der Waals surface area contributed by atoms with Gasteiger partial charge in [0.25, 0.3) is 0 Å². The zero-order valence-corrected chi connectivity index (χ0v) is 18.4. The second-order valence-electron chi connectivity index (χ2n) is 7.04. The van der Waals surface area contributed by atoms with E-state index in [0.717, 1.165) is 5.56 Å². The lowest BCUT2D eigenvalue weighted by Crippen LogP contribution is -2.49. The first kappa shape index (κ1) is 23.2. The molecule has 0 unspecified atom stereocenters. The SMILES string of the molecule is CC(C)NC(=O)[C@H](C)N(Cc1ccccc1)C(=O)CSCc1c(F)cccc1Cl. The van der Waals surface area contributed by atoms with Gasteiger partial charge in [-0.2, -0.15) is 0 Å². The number of hydrogen-bond acceptors (Lipinski definition) is 3. The Bertz CT molecular complexity index is 813. The van der Waals surface area contributed by atoms with Crippen molar-refractivity contribution >= 4 is 35.2 Å². The van der Waals surface area contributed by atoms with Gasteiger partial charge in [0.15, 0.2) is 0 Å². The monoisotopic (exact) mass is 436 g/mol. The third-order valence-electron chi connectivity index (χ3n) is 4.33. The van der Waals surface area contributed by atoms with E-state index >= 15 is 0 Å². The summed E-state index contributed by atoms with van der Waals surface area (Å²) in [6, 6.07) is 13.4. The number of carbonyl (C=O) groups excluding carboxylic acids is 2. The highest BCUT2D eigenvalue weighted by Gasteiger charge is 2.26. The summed E-state index contributed by atoms with van der Waals surface area (Å²) in [5, 5.41) is 3.20. The van der Waals surface area contributed by atoms with Gasteiger partial charge in [-0.3, -0.25) is 9.59 Å². The van der Waals surface area contributed by atoms with Crippen molar-refractivity contribution in [2.45, 2.75) is 45.2 Å². The largest absolute Gasteiger partial charge is 0.352 e. The minimum Gasteiger partial charge on any atom is -0.352 e. The van der Waals surface area contributed by atoms with Crippen LogP contribution in [0.15, 0.2) is 48.5 Å². The highest BCUT2D eigenvalue weighted by molar-refractivity contribution is 7.99. The van der Waals surface area contributed by atoms with Crippen LogP contribution in [0.5, 0.6) is 0 Å². The van der Waals surface area contributed by atoms with E-state index in [1.165, 1.54) is 17.8 Å². The summed E-state index contributed by atoms with van der Waals surface area (Å²) in [6.07, 6.45) is 0. The van der Waals surface area contributed by atoms with E-state index in [0.29, 0.717) is 17.1 Å². The lowest BCUT2D eigenvalue weighted by Gasteiger charge is -2.29. The number of benzene rings is 2. The molecule has 0 aromatic heterocycles. The topological polar surface area (TPSA) is 49.4 Å². The molecule has 0 aliphatic carbocycles. The Labute approximate surface area is 180 Å². The molecule has 0 saturated heterocycles. The summed E-state index contributed by atoms with van der Waals surface area (Å²) in [5.74, 6) is -0.368. The fourth-order valence-corrected chi connectivity index (χ4v) is 4.01. The van der Waals surface area contributed by atoms with Crippen LogP contribution in [0.25, 0.3) is 0 Å². The molecular weight excluding hydrogens is 411 g/mol. The van der Waals surface area contributed by atoms with Crippen LogP contribution in [0.1, 0.15) is 31.9 Å². The standard InChI is InChI=1S/C22H26ClFN2O2S/c1-15(2)25-22(28)16(3)26(12-17-8-5-4-6-9-17)21(27)14-29-13-18-19(23)10-7-11-20(18)24/h4-11,15-16H,12-14H2,1-3H3,(H,25,28)/t16-/m0/s1. The summed E-state index contributed by atoms with van der Waals surface area (Å²) in [4.78, 5) is 27.0. The molecule has 2 rings (SSSR count). The average molecular weight is 437 g/mol. The number of nitrogens with zero attached hydrogens (tertiary/aromatic N) is 1. The first-order valence-corrected chi connectivity index (χ1v) is 11.0. The van der Waals surface area contributed by atoms with Gasteiger partial charge in [0, 0.05) is 28.9 Å². The minimum atomic E-state index is -0.622. The Morgan fingerprint density at radius 2 is 1.79 bits per heavy atom. The van der Waals surface area contributed by atoms with E-state index in [2.05, 4.69) is 5.32 Å². The quantitative estimate of drug-likeness (QED) is 0.622. The van der Waals surface area contributed by atoms with Gasteiger partial charge in [-0.15, -0.1) is 11.8 Å². The fourth-order valence-electron chi connectivity index (χ4n) is 2.76. The van der Waals surface area contributed by atoms with Crippen LogP contribution in [0.2, 0.25) is 5.02 Å². The molecule has 0 spiro atoms. The molecule has 0 heterocycles. The second-order valence-corrected chi connectivity index (χ2v) is 8.43. The molecule has 156 valence electrons. The third-order valence-corrected chi connectivity index (χ3v) is 5.63. The molecule has 1 N–H and O–H groups in total. The van der Waals surface area contributed by atoms with Crippen molar-refractivity contribution in [3.63, 3.8) is 0 Å². The second kappa shape index (κ2) is 11.2. The lowest BCUT2D eigenvalue weighted by molar-refractivity contribution is -0.138. The van der Waals surface area contributed by atoms with Crippen molar-refractivity contribution in [1.82, 2.24) is 10.2 Å². The zero-order chi connectivity index (χ0) is 21.4. The molecule has 2 amide bonds. The third kappa shape index (κ3) is 7.05. The molecule has 0 aliphatic rings. The lowest BCUT2D eigenvalue weighted by atomic mass is 10.1. The summed E-state index contributed by atoms with van der Waals surface area (Å²) in [5.41, 5.74) is 1.32. The van der Waals surface area contributed by atoms with E-state index in [4.69, 9.17) is 11.6 Å². The fraction of sp³-hybridized carbons (Fsp3) is 0.364. The smallest absolute Gasteiger partial charge is 0.242 e. The maximum Gasteiger partial charge on any atom is 0.242 e. The van der Waals surface area contributed by atoms with Gasteiger partial charge in [-0.05, 0) is 38.5 Å². The minimum absolute atomic E-state index is 0.0174. The Morgan fingerprint density at radius 1 is 1.10 bits per heavy atom. The van der Waals surface area contributed by atoms with Crippen molar-refractivity contribution in [2.24, 2.45) is 0 Å². The Kier molecular flexibility index (Phi) is 8.99. The number of rotatable bonds is 9. The summed E-state index contributed by atoms with van der Waals surface area (Å²) in [6.45, 7) is 5.80. The van der Waals surface area contributed by atoms with Crippen LogP contribution < -0.4 is 5.32 Å². The van der Waals surface area contributed by atoms with Crippen molar-refractivity contribution < 1.29 is 14.0 Å². The van der Waals surface area contributed by atoms with E-state index in [9.17, 15) is 14.0 Å². The van der Waals surface area contributed by atoms with Gasteiger partial charge in [0.05, 0.1) is 5.75 Å². The van der Waals surface area contributed by atoms with Gasteiger partial charge in [-0.1, -0.05) is 48.0 Å². The van der Waals surface area contributed by atoms with Crippen molar-refractivity contribution in [1.29, 1.82) is 0 Å². The first-order valence-electron chi connectivity index (χ1n) is 9.44. The highest BCUT2D eigenvalue weighted by Crippen LogP contribution is 2.24. The molecular formula is C22H26ClFN2O2S. The molecule has 7 heteroatoms. The maximum atomic E-state index is 13.9. The van der Waals surface area contributed by atoms with Crippen LogP contribution in [-0.2, 0) is 21.9 Å². The van der Waals surface area contributed by atoms with Crippen LogP contribution >= 0.6 is 23.4 Å². The van der Waals surface area contributed by atoms with Gasteiger partial charge in [0.1, 0.15) is 11.9 Å².